The fraction of sp³-hybridized carbons (Fsp3) is 0.0833. The van der Waals surface area contributed by atoms with Gasteiger partial charge in [0.15, 0.2) is 0 Å². The van der Waals surface area contributed by atoms with Crippen LogP contribution in [0.25, 0.3) is 0 Å². The second kappa shape index (κ2) is 5.02. The molecule has 2 nitrogen and oxygen atoms in total. The van der Waals surface area contributed by atoms with E-state index in [1.165, 1.54) is 18.3 Å². The zero-order valence-corrected chi connectivity index (χ0v) is 11.1. The minimum atomic E-state index is -0.280. The Morgan fingerprint density at radius 3 is 2.76 bits per heavy atom. The molecule has 2 N–H and O–H groups in total. The lowest BCUT2D eigenvalue weighted by Gasteiger charge is -2.07. The van der Waals surface area contributed by atoms with Crippen LogP contribution >= 0.6 is 27.5 Å². The summed E-state index contributed by atoms with van der Waals surface area (Å²) in [6.07, 6.45) is 2.06. The van der Waals surface area contributed by atoms with Gasteiger partial charge in [0.25, 0.3) is 0 Å². The van der Waals surface area contributed by atoms with Gasteiger partial charge in [0.05, 0.1) is 5.02 Å². The molecule has 2 rings (SSSR count). The standard InChI is InChI=1S/C12H9BrClFN2/c13-11-5-10(15)2-1-7(11)3-8-4-9(14)6-17-12(8)16/h1-2,4-6H,3H2,(H2,16,17). The normalized spacial score (nSPS) is 10.5. The zero-order valence-electron chi connectivity index (χ0n) is 8.75. The van der Waals surface area contributed by atoms with Crippen LogP contribution in [0.15, 0.2) is 34.9 Å². The molecular formula is C12H9BrClFN2. The molecular weight excluding hydrogens is 307 g/mol. The topological polar surface area (TPSA) is 38.9 Å². The summed E-state index contributed by atoms with van der Waals surface area (Å²) in [6, 6.07) is 6.30. The number of nitrogen functional groups attached to an aromatic ring is 1. The Morgan fingerprint density at radius 2 is 2.06 bits per heavy atom. The molecule has 1 heterocycles. The van der Waals surface area contributed by atoms with Crippen molar-refractivity contribution in [2.45, 2.75) is 6.42 Å². The number of nitrogens with zero attached hydrogens (tertiary/aromatic N) is 1. The molecule has 0 atom stereocenters. The molecule has 17 heavy (non-hydrogen) atoms. The molecule has 5 heteroatoms. The number of rotatable bonds is 2. The fourth-order valence-electron chi connectivity index (χ4n) is 1.50. The molecule has 0 saturated carbocycles. The summed E-state index contributed by atoms with van der Waals surface area (Å²) in [5.74, 6) is 0.156. The van der Waals surface area contributed by atoms with Gasteiger partial charge in [0, 0.05) is 22.7 Å². The van der Waals surface area contributed by atoms with E-state index in [1.807, 2.05) is 0 Å². The van der Waals surface area contributed by atoms with Crippen LogP contribution in [0, 0.1) is 5.82 Å². The van der Waals surface area contributed by atoms with Crippen molar-refractivity contribution in [1.82, 2.24) is 4.98 Å². The minimum absolute atomic E-state index is 0.280. The van der Waals surface area contributed by atoms with Gasteiger partial charge in [0.1, 0.15) is 11.6 Å². The van der Waals surface area contributed by atoms with E-state index in [4.69, 9.17) is 17.3 Å². The third-order valence-corrected chi connectivity index (χ3v) is 3.31. The highest BCUT2D eigenvalue weighted by Crippen LogP contribution is 2.24. The number of pyridine rings is 1. The average molecular weight is 316 g/mol. The van der Waals surface area contributed by atoms with Gasteiger partial charge < -0.3 is 5.73 Å². The maximum absolute atomic E-state index is 12.9. The van der Waals surface area contributed by atoms with Crippen LogP contribution in [0.2, 0.25) is 5.02 Å². The maximum atomic E-state index is 12.9. The van der Waals surface area contributed by atoms with E-state index >= 15 is 0 Å². The van der Waals surface area contributed by atoms with E-state index in [-0.39, 0.29) is 5.82 Å². The van der Waals surface area contributed by atoms with Crippen LogP contribution in [-0.2, 0) is 6.42 Å². The Kier molecular flexibility index (Phi) is 3.64. The first kappa shape index (κ1) is 12.3. The summed E-state index contributed by atoms with van der Waals surface area (Å²) in [7, 11) is 0. The molecule has 0 radical (unpaired) electrons. The molecule has 0 aliphatic heterocycles. The van der Waals surface area contributed by atoms with Crippen LogP contribution in [-0.4, -0.2) is 4.98 Å². The summed E-state index contributed by atoms with van der Waals surface area (Å²) in [4.78, 5) is 3.98. The van der Waals surface area contributed by atoms with Gasteiger partial charge in [-0.05, 0) is 23.8 Å². The minimum Gasteiger partial charge on any atom is -0.383 e. The Hall–Kier alpha value is -1.13. The van der Waals surface area contributed by atoms with Crippen molar-refractivity contribution in [1.29, 1.82) is 0 Å². The van der Waals surface area contributed by atoms with E-state index in [0.29, 0.717) is 21.7 Å². The van der Waals surface area contributed by atoms with Crippen LogP contribution < -0.4 is 5.73 Å². The first-order valence-corrected chi connectivity index (χ1v) is 6.07. The molecule has 0 amide bonds. The second-order valence-corrected chi connectivity index (χ2v) is 4.90. The quantitative estimate of drug-likeness (QED) is 0.915. The van der Waals surface area contributed by atoms with Crippen molar-refractivity contribution in [3.63, 3.8) is 0 Å². The molecule has 88 valence electrons. The number of anilines is 1. The smallest absolute Gasteiger partial charge is 0.126 e. The van der Waals surface area contributed by atoms with Crippen LogP contribution in [0.3, 0.4) is 0 Å². The predicted molar refractivity (Wildman–Crippen MR) is 70.6 cm³/mol. The Bertz CT molecular complexity index is 560. The molecule has 0 saturated heterocycles. The van der Waals surface area contributed by atoms with Crippen LogP contribution in [0.5, 0.6) is 0 Å². The Labute approximate surface area is 112 Å². The zero-order chi connectivity index (χ0) is 12.4. The summed E-state index contributed by atoms with van der Waals surface area (Å²) in [5.41, 5.74) is 7.51. The SMILES string of the molecule is Nc1ncc(Cl)cc1Cc1ccc(F)cc1Br. The highest BCUT2D eigenvalue weighted by molar-refractivity contribution is 9.10. The molecule has 2 aromatic rings. The van der Waals surface area contributed by atoms with Crippen LogP contribution in [0.4, 0.5) is 10.2 Å². The Morgan fingerprint density at radius 1 is 1.29 bits per heavy atom. The summed E-state index contributed by atoms with van der Waals surface area (Å²) >= 11 is 9.17. The summed E-state index contributed by atoms with van der Waals surface area (Å²) < 4.78 is 13.6. The highest BCUT2D eigenvalue weighted by atomic mass is 79.9. The number of benzene rings is 1. The second-order valence-electron chi connectivity index (χ2n) is 3.61. The molecule has 1 aromatic carbocycles. The molecule has 0 aliphatic rings. The van der Waals surface area contributed by atoms with Gasteiger partial charge in [-0.15, -0.1) is 0 Å². The van der Waals surface area contributed by atoms with Crippen molar-refractivity contribution in [3.05, 3.63) is 56.9 Å². The van der Waals surface area contributed by atoms with Crippen molar-refractivity contribution in [3.8, 4) is 0 Å². The lowest BCUT2D eigenvalue weighted by atomic mass is 10.1. The fourth-order valence-corrected chi connectivity index (χ4v) is 2.18. The van der Waals surface area contributed by atoms with Crippen molar-refractivity contribution in [2.75, 3.05) is 5.73 Å². The van der Waals surface area contributed by atoms with Gasteiger partial charge in [-0.1, -0.05) is 33.6 Å². The van der Waals surface area contributed by atoms with Crippen LogP contribution in [0.1, 0.15) is 11.1 Å². The molecule has 0 unspecified atom stereocenters. The van der Waals surface area contributed by atoms with Gasteiger partial charge in [-0.3, -0.25) is 0 Å². The lowest BCUT2D eigenvalue weighted by molar-refractivity contribution is 0.626. The monoisotopic (exact) mass is 314 g/mol. The molecule has 0 fully saturated rings. The third kappa shape index (κ3) is 2.96. The van der Waals surface area contributed by atoms with E-state index in [2.05, 4.69) is 20.9 Å². The van der Waals surface area contributed by atoms with E-state index in [0.717, 1.165) is 11.1 Å². The predicted octanol–water partition coefficient (Wildman–Crippen LogP) is 3.81. The summed E-state index contributed by atoms with van der Waals surface area (Å²) in [5, 5.41) is 0.535. The molecule has 0 bridgehead atoms. The van der Waals surface area contributed by atoms with Crippen molar-refractivity contribution >= 4 is 33.3 Å². The van der Waals surface area contributed by atoms with Gasteiger partial charge in [-0.25, -0.2) is 9.37 Å². The number of aromatic nitrogens is 1. The largest absolute Gasteiger partial charge is 0.383 e. The third-order valence-electron chi connectivity index (χ3n) is 2.36. The highest BCUT2D eigenvalue weighted by Gasteiger charge is 2.07. The van der Waals surface area contributed by atoms with Gasteiger partial charge >= 0.3 is 0 Å². The average Bonchev–Trinajstić information content (AvgIpc) is 2.27. The van der Waals surface area contributed by atoms with Gasteiger partial charge in [-0.2, -0.15) is 0 Å². The number of hydrogen-bond donors (Lipinski definition) is 1. The summed E-state index contributed by atoms with van der Waals surface area (Å²) in [6.45, 7) is 0. The van der Waals surface area contributed by atoms with E-state index in [9.17, 15) is 4.39 Å². The molecule has 0 spiro atoms. The Balaban J connectivity index is 2.34. The number of hydrogen-bond acceptors (Lipinski definition) is 2. The van der Waals surface area contributed by atoms with Crippen molar-refractivity contribution in [2.24, 2.45) is 0 Å². The van der Waals surface area contributed by atoms with E-state index in [1.54, 1.807) is 12.1 Å². The first-order valence-electron chi connectivity index (χ1n) is 4.90. The molecule has 0 aliphatic carbocycles. The van der Waals surface area contributed by atoms with E-state index < -0.39 is 0 Å². The van der Waals surface area contributed by atoms with Gasteiger partial charge in [0.2, 0.25) is 0 Å². The number of nitrogens with two attached hydrogens (primary N) is 1. The molecule has 1 aromatic heterocycles. The lowest BCUT2D eigenvalue weighted by Crippen LogP contribution is -1.99. The maximum Gasteiger partial charge on any atom is 0.126 e. The first-order chi connectivity index (χ1) is 8.06. The van der Waals surface area contributed by atoms with Crippen molar-refractivity contribution < 1.29 is 4.39 Å². The number of halogens is 3.